The van der Waals surface area contributed by atoms with Gasteiger partial charge in [-0.05, 0) is 43.9 Å². The molecule has 1 aliphatic carbocycles. The number of ether oxygens (including phenoxy) is 1. The molecule has 24 heavy (non-hydrogen) atoms. The van der Waals surface area contributed by atoms with Gasteiger partial charge in [0.05, 0.1) is 13.2 Å². The van der Waals surface area contributed by atoms with Crippen molar-refractivity contribution in [3.8, 4) is 0 Å². The lowest BCUT2D eigenvalue weighted by Gasteiger charge is -2.26. The second-order valence-electron chi connectivity index (χ2n) is 6.26. The van der Waals surface area contributed by atoms with Gasteiger partial charge in [0.25, 0.3) is 5.91 Å². The van der Waals surface area contributed by atoms with E-state index in [-0.39, 0.29) is 43.8 Å². The van der Waals surface area contributed by atoms with E-state index in [0.29, 0.717) is 5.92 Å². The molecular formula is C16H21FN2O4S. The first-order valence-electron chi connectivity index (χ1n) is 8.08. The average molecular weight is 356 g/mol. The van der Waals surface area contributed by atoms with E-state index >= 15 is 0 Å². The SMILES string of the molecule is CC(NC(=O)c1ccc(F)c(S(=O)(=O)N2CCOCC2)c1)C1CC1. The van der Waals surface area contributed by atoms with E-state index in [9.17, 15) is 17.6 Å². The fourth-order valence-electron chi connectivity index (χ4n) is 2.77. The smallest absolute Gasteiger partial charge is 0.251 e. The Morgan fingerprint density at radius 3 is 2.62 bits per heavy atom. The fourth-order valence-corrected chi connectivity index (χ4v) is 4.27. The normalized spacial score (nSPS) is 20.6. The molecule has 1 aliphatic heterocycles. The Balaban J connectivity index is 1.83. The molecule has 0 spiro atoms. The average Bonchev–Trinajstić information content (AvgIpc) is 3.40. The van der Waals surface area contributed by atoms with Gasteiger partial charge in [0, 0.05) is 24.7 Å². The zero-order valence-electron chi connectivity index (χ0n) is 13.5. The third-order valence-corrected chi connectivity index (χ3v) is 6.38. The molecular weight excluding hydrogens is 335 g/mol. The third kappa shape index (κ3) is 3.60. The molecule has 1 atom stereocenters. The highest BCUT2D eigenvalue weighted by Gasteiger charge is 2.31. The lowest BCUT2D eigenvalue weighted by Crippen LogP contribution is -2.41. The van der Waals surface area contributed by atoms with Gasteiger partial charge in [0.1, 0.15) is 10.7 Å². The quantitative estimate of drug-likeness (QED) is 0.865. The number of morpholine rings is 1. The summed E-state index contributed by atoms with van der Waals surface area (Å²) in [5, 5.41) is 2.85. The van der Waals surface area contributed by atoms with Crippen LogP contribution < -0.4 is 5.32 Å². The van der Waals surface area contributed by atoms with Gasteiger partial charge in [-0.2, -0.15) is 4.31 Å². The summed E-state index contributed by atoms with van der Waals surface area (Å²) in [7, 11) is -3.98. The predicted molar refractivity (Wildman–Crippen MR) is 85.6 cm³/mol. The molecule has 1 saturated heterocycles. The first-order valence-corrected chi connectivity index (χ1v) is 9.52. The van der Waals surface area contributed by atoms with Gasteiger partial charge in [-0.15, -0.1) is 0 Å². The highest BCUT2D eigenvalue weighted by molar-refractivity contribution is 7.89. The molecule has 0 bridgehead atoms. The van der Waals surface area contributed by atoms with Crippen LogP contribution >= 0.6 is 0 Å². The number of hydrogen-bond donors (Lipinski definition) is 1. The highest BCUT2D eigenvalue weighted by atomic mass is 32.2. The van der Waals surface area contributed by atoms with Crippen LogP contribution in [0.2, 0.25) is 0 Å². The summed E-state index contributed by atoms with van der Waals surface area (Å²) < 4.78 is 45.7. The Labute approximate surface area is 141 Å². The minimum atomic E-state index is -3.98. The number of sulfonamides is 1. The van der Waals surface area contributed by atoms with Crippen LogP contribution in [-0.4, -0.2) is 51.0 Å². The fraction of sp³-hybridized carbons (Fsp3) is 0.562. The van der Waals surface area contributed by atoms with Gasteiger partial charge in [0.15, 0.2) is 0 Å². The molecule has 0 aromatic heterocycles. The van der Waals surface area contributed by atoms with Gasteiger partial charge in [0.2, 0.25) is 10.0 Å². The van der Waals surface area contributed by atoms with Gasteiger partial charge >= 0.3 is 0 Å². The van der Waals surface area contributed by atoms with E-state index in [0.717, 1.165) is 25.0 Å². The monoisotopic (exact) mass is 356 g/mol. The van der Waals surface area contributed by atoms with Crippen LogP contribution in [-0.2, 0) is 14.8 Å². The minimum Gasteiger partial charge on any atom is -0.379 e. The number of benzene rings is 1. The number of amides is 1. The van der Waals surface area contributed by atoms with Crippen LogP contribution in [0.15, 0.2) is 23.1 Å². The molecule has 6 nitrogen and oxygen atoms in total. The Morgan fingerprint density at radius 2 is 2.00 bits per heavy atom. The summed E-state index contributed by atoms with van der Waals surface area (Å²) in [5.41, 5.74) is 0.149. The maximum Gasteiger partial charge on any atom is 0.251 e. The third-order valence-electron chi connectivity index (χ3n) is 4.47. The summed E-state index contributed by atoms with van der Waals surface area (Å²) in [6.45, 7) is 2.83. The molecule has 1 aromatic rings. The molecule has 3 rings (SSSR count). The van der Waals surface area contributed by atoms with Crippen LogP contribution in [0, 0.1) is 11.7 Å². The van der Waals surface area contributed by atoms with Gasteiger partial charge in [-0.3, -0.25) is 4.79 Å². The maximum atomic E-state index is 14.1. The van der Waals surface area contributed by atoms with Crippen molar-refractivity contribution < 1.29 is 22.3 Å². The van der Waals surface area contributed by atoms with E-state index in [1.165, 1.54) is 10.4 Å². The van der Waals surface area contributed by atoms with Crippen molar-refractivity contribution in [2.24, 2.45) is 5.92 Å². The largest absolute Gasteiger partial charge is 0.379 e. The molecule has 2 fully saturated rings. The number of halogens is 1. The van der Waals surface area contributed by atoms with Crippen LogP contribution in [0.25, 0.3) is 0 Å². The Hall–Kier alpha value is -1.51. The van der Waals surface area contributed by atoms with Crippen LogP contribution in [0.5, 0.6) is 0 Å². The lowest BCUT2D eigenvalue weighted by atomic mass is 10.1. The Morgan fingerprint density at radius 1 is 1.33 bits per heavy atom. The van der Waals surface area contributed by atoms with E-state index in [1.54, 1.807) is 0 Å². The van der Waals surface area contributed by atoms with Gasteiger partial charge in [-0.25, -0.2) is 12.8 Å². The van der Waals surface area contributed by atoms with Crippen molar-refractivity contribution in [1.82, 2.24) is 9.62 Å². The molecule has 0 radical (unpaired) electrons. The summed E-state index contributed by atoms with van der Waals surface area (Å²) in [6, 6.07) is 3.49. The van der Waals surface area contributed by atoms with Crippen LogP contribution in [0.1, 0.15) is 30.1 Å². The van der Waals surface area contributed by atoms with E-state index in [2.05, 4.69) is 5.32 Å². The lowest BCUT2D eigenvalue weighted by molar-refractivity contribution is 0.0729. The van der Waals surface area contributed by atoms with Gasteiger partial charge in [-0.1, -0.05) is 0 Å². The molecule has 1 N–H and O–H groups in total. The second-order valence-corrected chi connectivity index (χ2v) is 8.17. The zero-order chi connectivity index (χ0) is 17.3. The molecule has 2 aliphatic rings. The second kappa shape index (κ2) is 6.78. The summed E-state index contributed by atoms with van der Waals surface area (Å²) in [5.74, 6) is -0.757. The molecule has 1 amide bonds. The number of nitrogens with one attached hydrogen (secondary N) is 1. The first-order chi connectivity index (χ1) is 11.4. The summed E-state index contributed by atoms with van der Waals surface area (Å²) >= 11 is 0. The predicted octanol–water partition coefficient (Wildman–Crippen LogP) is 1.37. The number of carbonyl (C=O) groups excluding carboxylic acids is 1. The topological polar surface area (TPSA) is 75.7 Å². The van der Waals surface area contributed by atoms with Crippen molar-refractivity contribution in [3.05, 3.63) is 29.6 Å². The zero-order valence-corrected chi connectivity index (χ0v) is 14.3. The number of nitrogens with zero attached hydrogens (tertiary/aromatic N) is 1. The molecule has 1 saturated carbocycles. The Bertz CT molecular complexity index is 728. The van der Waals surface area contributed by atoms with E-state index in [1.807, 2.05) is 6.92 Å². The molecule has 132 valence electrons. The minimum absolute atomic E-state index is 0.0295. The number of carbonyl (C=O) groups is 1. The highest BCUT2D eigenvalue weighted by Crippen LogP contribution is 2.32. The van der Waals surface area contributed by atoms with Crippen LogP contribution in [0.4, 0.5) is 4.39 Å². The van der Waals surface area contributed by atoms with Gasteiger partial charge < -0.3 is 10.1 Å². The Kier molecular flexibility index (Phi) is 4.89. The molecule has 1 aromatic carbocycles. The standard InChI is InChI=1S/C16H21FN2O4S/c1-11(12-2-3-12)18-16(20)13-4-5-14(17)15(10-13)24(21,22)19-6-8-23-9-7-19/h4-5,10-12H,2-3,6-9H2,1H3,(H,18,20). The molecule has 1 heterocycles. The van der Waals surface area contributed by atoms with Crippen molar-refractivity contribution >= 4 is 15.9 Å². The number of rotatable bonds is 5. The van der Waals surface area contributed by atoms with Crippen molar-refractivity contribution in [3.63, 3.8) is 0 Å². The molecule has 8 heteroatoms. The van der Waals surface area contributed by atoms with Crippen molar-refractivity contribution in [2.45, 2.75) is 30.7 Å². The molecule has 1 unspecified atom stereocenters. The van der Waals surface area contributed by atoms with E-state index in [4.69, 9.17) is 4.74 Å². The van der Waals surface area contributed by atoms with Crippen LogP contribution in [0.3, 0.4) is 0 Å². The summed E-state index contributed by atoms with van der Waals surface area (Å²) in [6.07, 6.45) is 2.17. The maximum absolute atomic E-state index is 14.1. The first kappa shape index (κ1) is 17.3. The summed E-state index contributed by atoms with van der Waals surface area (Å²) in [4.78, 5) is 11.8. The van der Waals surface area contributed by atoms with Crippen molar-refractivity contribution in [1.29, 1.82) is 0 Å². The number of hydrogen-bond acceptors (Lipinski definition) is 4. The van der Waals surface area contributed by atoms with E-state index < -0.39 is 20.7 Å². The van der Waals surface area contributed by atoms with Crippen molar-refractivity contribution in [2.75, 3.05) is 26.3 Å².